The average molecular weight is 1880 g/mol. The van der Waals surface area contributed by atoms with Gasteiger partial charge >= 0.3 is 17.9 Å². The second-order valence-corrected chi connectivity index (χ2v) is 31.3. The van der Waals surface area contributed by atoms with E-state index < -0.39 is 285 Å². The number of carboxylic acids is 3. The van der Waals surface area contributed by atoms with Crippen LogP contribution in [0.4, 0.5) is 0 Å². The van der Waals surface area contributed by atoms with Crippen LogP contribution in [0.2, 0.25) is 0 Å². The molecule has 51 nitrogen and oxygen atoms in total. The van der Waals surface area contributed by atoms with Gasteiger partial charge in [0.25, 0.3) is 0 Å². The third-order valence-corrected chi connectivity index (χ3v) is 20.1. The zero-order valence-electron chi connectivity index (χ0n) is 73.9. The molecule has 0 aliphatic rings. The highest BCUT2D eigenvalue weighted by Crippen LogP contribution is 2.17. The minimum absolute atomic E-state index is 0.0181. The molecule has 1 heterocycles. The summed E-state index contributed by atoms with van der Waals surface area (Å²) in [7, 11) is 0. The number of carbonyl (C=O) groups is 21. The van der Waals surface area contributed by atoms with Crippen molar-refractivity contribution in [2.75, 3.05) is 19.6 Å². The highest BCUT2D eigenvalue weighted by Gasteiger charge is 2.38. The van der Waals surface area contributed by atoms with Crippen LogP contribution in [0.1, 0.15) is 140 Å². The predicted molar refractivity (Wildman–Crippen MR) is 471 cm³/mol. The standard InChI is InChI=1S/C83H119N25O26/c1-41(97-74(125)53(14-10-32-92-83(89)90)101-75(126)52(13-8-9-31-84)100-72(123)51(85)23-27-62(86)111)68(119)95-44(4)71(122)106-59(35-47-17-21-50(110)22-18-47)80(131)108-61(37-67(117)118)81(132)102-54(24-28-63(87)112)77(128)107-57(34-46-15-19-49(109)20-16-46)73(124)93-39-65(114)99-60(36-48-38-91-40-94-48)78(129)98-42(2)69(120)96-43(3)70(121)105-58(33-45-11-6-5-7-12-45)79(130)103-55(26-30-66(115)116)76(127)104-56(82(133)134)25-29-64(88)113/h5-7,11-12,15-22,38,40-44,51-61,109-110H,8-10,13-14,23-37,39,84-85H2,1-4H3,(H2,86,111)(H2,87,112)(H2,88,113)(H,91,94)(H,93,124)(H,95,119)(H,96,120)(H,97,125)(H,98,129)(H,99,114)(H,100,123)(H,101,126)(H,102,132)(H,103,130)(H,104,127)(H,105,121)(H,106,122)(H,107,128)(H,108,131)(H,115,116)(H,117,118)(H,133,134)(H4,89,90,92)/t41-,42-,43-,44-,51-,52-,53-,54-,55-,56-,57-,58-,59-,60-,61-/m0/s1. The molecule has 0 spiro atoms. The Morgan fingerprint density at radius 3 is 1.15 bits per heavy atom. The number of rotatable bonds is 61. The third-order valence-electron chi connectivity index (χ3n) is 20.1. The van der Waals surface area contributed by atoms with E-state index in [1.54, 1.807) is 30.3 Å². The number of carboxylic acid groups (broad SMARTS) is 3. The second kappa shape index (κ2) is 56.9. The maximum Gasteiger partial charge on any atom is 0.326 e. The molecule has 0 bridgehead atoms. The van der Waals surface area contributed by atoms with Gasteiger partial charge in [-0.2, -0.15) is 0 Å². The SMILES string of the molecule is C[C@H](NC(=O)[C@H](C)NC(=O)[C@H](Cc1cnc[nH]1)NC(=O)CNC(=O)[C@H](Cc1ccc(O)cc1)NC(=O)[C@H](CCC(N)=O)NC(=O)[C@H](CC(=O)O)NC(=O)[C@H](Cc1ccc(O)cc1)NC(=O)[C@H](C)NC(=O)[C@H](C)NC(=O)[C@H](CCCNC(=N)N)NC(=O)[C@H](CCCCN)NC(=O)[C@@H](N)CCC(N)=O)C(=O)N[C@@H](Cc1ccccc1)C(=O)N[C@@H](CCC(=O)O)C(=O)N[C@@H](CCC(N)=O)C(=O)O. The molecular weight excluding hydrogens is 1760 g/mol. The van der Waals surface area contributed by atoms with Gasteiger partial charge in [-0.3, -0.25) is 101 Å². The number of amides is 18. The molecule has 4 rings (SSSR count). The van der Waals surface area contributed by atoms with Crippen LogP contribution in [-0.2, 0) is 126 Å². The first-order valence-corrected chi connectivity index (χ1v) is 42.4. The number of phenolic OH excluding ortho intramolecular Hbond substituents is 2. The van der Waals surface area contributed by atoms with Crippen LogP contribution in [0, 0.1) is 5.41 Å². The first kappa shape index (κ1) is 111. The van der Waals surface area contributed by atoms with Crippen LogP contribution in [0.15, 0.2) is 91.4 Å². The fraction of sp³-hybridized carbons (Fsp3) is 0.482. The quantitative estimate of drug-likeness (QED) is 0.0111. The first-order chi connectivity index (χ1) is 63.2. The molecule has 134 heavy (non-hydrogen) atoms. The number of benzene rings is 3. The first-order valence-electron chi connectivity index (χ1n) is 42.4. The minimum Gasteiger partial charge on any atom is -0.508 e. The number of aromatic amines is 1. The van der Waals surface area contributed by atoms with Crippen molar-refractivity contribution in [1.29, 1.82) is 5.41 Å². The summed E-state index contributed by atoms with van der Waals surface area (Å²) in [4.78, 5) is 288. The lowest BCUT2D eigenvalue weighted by molar-refractivity contribution is -0.143. The van der Waals surface area contributed by atoms with E-state index in [9.17, 15) is 126 Å². The number of H-pyrrole nitrogens is 1. The molecule has 0 saturated carbocycles. The van der Waals surface area contributed by atoms with Gasteiger partial charge in [-0.05, 0) is 133 Å². The van der Waals surface area contributed by atoms with E-state index in [0.717, 1.165) is 6.92 Å². The summed E-state index contributed by atoms with van der Waals surface area (Å²) in [6.07, 6.45) is -3.53. The molecule has 18 amide bonds. The van der Waals surface area contributed by atoms with Crippen molar-refractivity contribution < 1.29 is 126 Å². The highest BCUT2D eigenvalue weighted by atomic mass is 16.4. The maximum absolute atomic E-state index is 14.6. The fourth-order valence-corrected chi connectivity index (χ4v) is 12.7. The number of hydrogen-bond donors (Lipinski definition) is 29. The molecule has 0 unspecified atom stereocenters. The van der Waals surface area contributed by atoms with Crippen molar-refractivity contribution in [2.24, 2.45) is 34.4 Å². The van der Waals surface area contributed by atoms with Gasteiger partial charge < -0.3 is 150 Å². The lowest BCUT2D eigenvalue weighted by atomic mass is 10.0. The van der Waals surface area contributed by atoms with Crippen molar-refractivity contribution in [3.63, 3.8) is 0 Å². The van der Waals surface area contributed by atoms with Crippen LogP contribution in [0.25, 0.3) is 0 Å². The Balaban J connectivity index is 1.54. The highest BCUT2D eigenvalue weighted by molar-refractivity contribution is 6.01. The van der Waals surface area contributed by atoms with Crippen LogP contribution < -0.4 is 119 Å². The van der Waals surface area contributed by atoms with E-state index >= 15 is 0 Å². The molecule has 1 aromatic heterocycles. The smallest absolute Gasteiger partial charge is 0.326 e. The van der Waals surface area contributed by atoms with E-state index in [2.05, 4.69) is 95.0 Å². The molecule has 0 saturated heterocycles. The van der Waals surface area contributed by atoms with Crippen LogP contribution in [-0.4, -0.2) is 276 Å². The Kier molecular flexibility index (Phi) is 47.0. The van der Waals surface area contributed by atoms with Crippen LogP contribution >= 0.6 is 0 Å². The third kappa shape index (κ3) is 42.0. The molecule has 4 aromatic rings. The number of aromatic nitrogens is 2. The van der Waals surface area contributed by atoms with Gasteiger partial charge in [0.15, 0.2) is 5.96 Å². The zero-order valence-corrected chi connectivity index (χ0v) is 73.9. The summed E-state index contributed by atoms with van der Waals surface area (Å²) < 4.78 is 0. The average Bonchev–Trinajstić information content (AvgIpc) is 0.955. The molecule has 0 aliphatic heterocycles. The van der Waals surface area contributed by atoms with Crippen molar-refractivity contribution in [1.82, 2.24) is 95.0 Å². The van der Waals surface area contributed by atoms with Gasteiger partial charge in [0.2, 0.25) is 106 Å². The summed E-state index contributed by atoms with van der Waals surface area (Å²) >= 11 is 0. The Morgan fingerprint density at radius 2 is 0.716 bits per heavy atom. The number of nitrogens with one attached hydrogen (secondary N) is 18. The second-order valence-electron chi connectivity index (χ2n) is 31.3. The summed E-state index contributed by atoms with van der Waals surface area (Å²) in [6.45, 7) is 4.05. The summed E-state index contributed by atoms with van der Waals surface area (Å²) in [6, 6.07) is -6.11. The molecule has 0 fully saturated rings. The largest absolute Gasteiger partial charge is 0.508 e. The molecule has 35 N–H and O–H groups in total. The van der Waals surface area contributed by atoms with Gasteiger partial charge in [-0.25, -0.2) is 9.78 Å². The fourth-order valence-electron chi connectivity index (χ4n) is 12.7. The molecule has 0 aliphatic carbocycles. The topological polar surface area (TPSA) is 861 Å². The summed E-state index contributed by atoms with van der Waals surface area (Å²) in [5.41, 5.74) is 34.1. The molecule has 732 valence electrons. The number of phenols is 2. The Bertz CT molecular complexity index is 4760. The number of primary amides is 3. The van der Waals surface area contributed by atoms with Gasteiger partial charge in [0, 0.05) is 69.8 Å². The zero-order chi connectivity index (χ0) is 100. The Hall–Kier alpha value is -15.5. The van der Waals surface area contributed by atoms with Crippen LogP contribution in [0.3, 0.4) is 0 Å². The summed E-state index contributed by atoms with van der Waals surface area (Å²) in [5, 5.41) is 95.4. The number of aliphatic carboxylic acids is 3. The van der Waals surface area contributed by atoms with Gasteiger partial charge in [0.05, 0.1) is 25.3 Å². The number of aromatic hydroxyl groups is 2. The lowest BCUT2D eigenvalue weighted by Gasteiger charge is -2.27. The van der Waals surface area contributed by atoms with Gasteiger partial charge in [-0.1, -0.05) is 54.6 Å². The number of unbranched alkanes of at least 4 members (excludes halogenated alkanes) is 1. The van der Waals surface area contributed by atoms with E-state index in [1.165, 1.54) is 81.8 Å². The number of hydrogen-bond acceptors (Lipinski definition) is 27. The van der Waals surface area contributed by atoms with Gasteiger partial charge in [-0.15, -0.1) is 0 Å². The minimum atomic E-state index is -2.16. The van der Waals surface area contributed by atoms with E-state index in [0.29, 0.717) is 18.4 Å². The molecule has 3 aromatic carbocycles. The van der Waals surface area contributed by atoms with E-state index in [1.807, 2.05) is 0 Å². The Morgan fingerprint density at radius 1 is 0.366 bits per heavy atom. The lowest BCUT2D eigenvalue weighted by Crippen LogP contribution is -2.60. The number of carbonyl (C=O) groups excluding carboxylic acids is 18. The molecule has 15 atom stereocenters. The van der Waals surface area contributed by atoms with E-state index in [-0.39, 0.29) is 86.4 Å². The van der Waals surface area contributed by atoms with Crippen molar-refractivity contribution in [2.45, 2.75) is 234 Å². The van der Waals surface area contributed by atoms with Crippen molar-refractivity contribution in [3.8, 4) is 11.5 Å². The van der Waals surface area contributed by atoms with Crippen LogP contribution in [0.5, 0.6) is 11.5 Å². The summed E-state index contributed by atoms with van der Waals surface area (Å²) in [5.74, 6) is -24.5. The molecule has 51 heteroatoms. The predicted octanol–water partition coefficient (Wildman–Crippen LogP) is -8.99. The maximum atomic E-state index is 14.6. The number of guanidine groups is 1. The van der Waals surface area contributed by atoms with Crippen molar-refractivity contribution in [3.05, 3.63) is 114 Å². The number of imidazole rings is 1. The normalized spacial score (nSPS) is 14.3. The monoisotopic (exact) mass is 1880 g/mol. The molecule has 0 radical (unpaired) electrons. The number of nitrogens with two attached hydrogens (primary N) is 6. The number of nitrogens with zero attached hydrogens (tertiary/aromatic N) is 1. The van der Waals surface area contributed by atoms with Gasteiger partial charge in [0.1, 0.15) is 96.1 Å². The molecular formula is C83H119N25O26. The van der Waals surface area contributed by atoms with Crippen molar-refractivity contribution >= 4 is 130 Å². The van der Waals surface area contributed by atoms with E-state index in [4.69, 9.17) is 39.8 Å². The Labute approximate surface area is 767 Å².